The van der Waals surface area contributed by atoms with Crippen LogP contribution in [0.3, 0.4) is 0 Å². The van der Waals surface area contributed by atoms with Crippen molar-refractivity contribution in [2.45, 2.75) is 52.9 Å². The van der Waals surface area contributed by atoms with E-state index in [1.807, 2.05) is 18.3 Å². The van der Waals surface area contributed by atoms with E-state index in [-0.39, 0.29) is 5.41 Å². The maximum Gasteiger partial charge on any atom is 0.145 e. The molecule has 2 aromatic heterocycles. The van der Waals surface area contributed by atoms with Crippen molar-refractivity contribution < 1.29 is 4.42 Å². The van der Waals surface area contributed by atoms with Gasteiger partial charge in [-0.3, -0.25) is 4.98 Å². The van der Waals surface area contributed by atoms with E-state index in [2.05, 4.69) is 94.2 Å². The van der Waals surface area contributed by atoms with E-state index in [9.17, 15) is 0 Å². The van der Waals surface area contributed by atoms with Crippen LogP contribution in [0.25, 0.3) is 44.3 Å². The van der Waals surface area contributed by atoms with Crippen molar-refractivity contribution in [1.82, 2.24) is 4.98 Å². The number of aryl methyl sites for hydroxylation is 1. The summed E-state index contributed by atoms with van der Waals surface area (Å²) < 4.78 is 6.65. The van der Waals surface area contributed by atoms with Crippen molar-refractivity contribution in [1.29, 1.82) is 0 Å². The molecule has 0 radical (unpaired) electrons. The zero-order valence-corrected chi connectivity index (χ0v) is 21.4. The van der Waals surface area contributed by atoms with Gasteiger partial charge in [0.1, 0.15) is 11.2 Å². The van der Waals surface area contributed by atoms with Gasteiger partial charge in [-0.25, -0.2) is 0 Å². The summed E-state index contributed by atoms with van der Waals surface area (Å²) in [6.07, 6.45) is 4.15. The van der Waals surface area contributed by atoms with Crippen LogP contribution in [0.4, 0.5) is 0 Å². The molecule has 0 saturated carbocycles. The highest BCUT2D eigenvalue weighted by Gasteiger charge is 2.44. The van der Waals surface area contributed by atoms with E-state index in [0.717, 1.165) is 35.3 Å². The maximum absolute atomic E-state index is 6.65. The van der Waals surface area contributed by atoms with Gasteiger partial charge in [-0.2, -0.15) is 0 Å². The summed E-state index contributed by atoms with van der Waals surface area (Å²) in [5.41, 5.74) is 10.8. The van der Waals surface area contributed by atoms with Crippen molar-refractivity contribution in [3.8, 4) is 22.4 Å². The van der Waals surface area contributed by atoms with Gasteiger partial charge in [-0.15, -0.1) is 0 Å². The van der Waals surface area contributed by atoms with Crippen LogP contribution in [0.1, 0.15) is 57.2 Å². The Kier molecular flexibility index (Phi) is 5.11. The molecule has 2 heteroatoms. The van der Waals surface area contributed by atoms with E-state index >= 15 is 0 Å². The highest BCUT2D eigenvalue weighted by atomic mass is 16.3. The predicted molar refractivity (Wildman–Crippen MR) is 147 cm³/mol. The Morgan fingerprint density at radius 1 is 0.771 bits per heavy atom. The third-order valence-corrected chi connectivity index (χ3v) is 7.67. The third-order valence-electron chi connectivity index (χ3n) is 7.67. The van der Waals surface area contributed by atoms with Gasteiger partial charge in [-0.05, 0) is 83.7 Å². The summed E-state index contributed by atoms with van der Waals surface area (Å²) in [6, 6.07) is 24.3. The Labute approximate surface area is 208 Å². The minimum atomic E-state index is 0.0283. The smallest absolute Gasteiger partial charge is 0.145 e. The zero-order valence-electron chi connectivity index (χ0n) is 21.4. The molecule has 3 aromatic carbocycles. The second-order valence-corrected chi connectivity index (χ2v) is 11.2. The quantitative estimate of drug-likeness (QED) is 0.262. The van der Waals surface area contributed by atoms with Crippen LogP contribution in [0.15, 0.2) is 77.3 Å². The molecule has 35 heavy (non-hydrogen) atoms. The molecule has 6 rings (SSSR count). The molecular formula is C33H33NO. The Bertz CT molecular complexity index is 1550. The van der Waals surface area contributed by atoms with E-state index in [4.69, 9.17) is 4.42 Å². The summed E-state index contributed by atoms with van der Waals surface area (Å²) >= 11 is 0. The third kappa shape index (κ3) is 3.34. The molecule has 0 aliphatic heterocycles. The maximum atomic E-state index is 6.65. The molecular weight excluding hydrogens is 426 g/mol. The first kappa shape index (κ1) is 22.1. The fraction of sp³-hybridized carbons (Fsp3) is 0.303. The lowest BCUT2D eigenvalue weighted by Gasteiger charge is -2.35. The van der Waals surface area contributed by atoms with Crippen molar-refractivity contribution in [2.75, 3.05) is 0 Å². The molecule has 0 amide bonds. The number of benzene rings is 3. The second kappa shape index (κ2) is 8.09. The van der Waals surface area contributed by atoms with Gasteiger partial charge in [0.25, 0.3) is 0 Å². The number of nitrogens with zero attached hydrogens (tertiary/aromatic N) is 1. The number of aromatic nitrogens is 1. The fourth-order valence-electron chi connectivity index (χ4n) is 6.63. The van der Waals surface area contributed by atoms with Crippen molar-refractivity contribution in [3.05, 3.63) is 89.6 Å². The Morgan fingerprint density at radius 2 is 1.51 bits per heavy atom. The summed E-state index contributed by atoms with van der Waals surface area (Å²) in [5, 5.41) is 2.38. The number of hydrogen-bond donors (Lipinski definition) is 0. The number of furan rings is 1. The number of rotatable bonds is 5. The lowest BCUT2D eigenvalue weighted by molar-refractivity contribution is 0.337. The standard InChI is InChI=1S/C33H33NO/c1-20(2)18-33(19-21(3)4)27-11-7-6-10-23(27)25-17-30-26(16-28(25)33)24-14-13-22(5)31(32(24)35-30)29-12-8-9-15-34-29/h6-17,20-21H,18-19H2,1-5H3. The van der Waals surface area contributed by atoms with Crippen LogP contribution in [0, 0.1) is 18.8 Å². The van der Waals surface area contributed by atoms with Gasteiger partial charge in [-0.1, -0.05) is 70.2 Å². The van der Waals surface area contributed by atoms with E-state index in [1.54, 1.807) is 0 Å². The van der Waals surface area contributed by atoms with Gasteiger partial charge in [0, 0.05) is 27.9 Å². The van der Waals surface area contributed by atoms with Crippen LogP contribution in [0.5, 0.6) is 0 Å². The Morgan fingerprint density at radius 3 is 2.23 bits per heavy atom. The van der Waals surface area contributed by atoms with Crippen molar-refractivity contribution in [2.24, 2.45) is 11.8 Å². The average Bonchev–Trinajstić information content (AvgIpc) is 3.31. The fourth-order valence-corrected chi connectivity index (χ4v) is 6.63. The normalized spacial score (nSPS) is 14.3. The van der Waals surface area contributed by atoms with Crippen LogP contribution in [0.2, 0.25) is 0 Å². The molecule has 2 heterocycles. The molecule has 0 spiro atoms. The van der Waals surface area contributed by atoms with Crippen LogP contribution in [-0.4, -0.2) is 4.98 Å². The van der Waals surface area contributed by atoms with E-state index < -0.39 is 0 Å². The molecule has 0 atom stereocenters. The number of pyridine rings is 1. The second-order valence-electron chi connectivity index (χ2n) is 11.2. The predicted octanol–water partition coefficient (Wildman–Crippen LogP) is 9.32. The molecule has 2 nitrogen and oxygen atoms in total. The number of fused-ring (bicyclic) bond motifs is 6. The topological polar surface area (TPSA) is 26.0 Å². The highest BCUT2D eigenvalue weighted by molar-refractivity contribution is 6.11. The average molecular weight is 460 g/mol. The summed E-state index contributed by atoms with van der Waals surface area (Å²) in [4.78, 5) is 4.65. The molecule has 1 aliphatic rings. The van der Waals surface area contributed by atoms with E-state index in [1.165, 1.54) is 38.6 Å². The van der Waals surface area contributed by atoms with Crippen LogP contribution < -0.4 is 0 Å². The molecule has 176 valence electrons. The summed E-state index contributed by atoms with van der Waals surface area (Å²) in [6.45, 7) is 11.6. The van der Waals surface area contributed by atoms with Crippen LogP contribution in [-0.2, 0) is 5.41 Å². The minimum Gasteiger partial charge on any atom is -0.455 e. The zero-order chi connectivity index (χ0) is 24.3. The van der Waals surface area contributed by atoms with Gasteiger partial charge in [0.2, 0.25) is 0 Å². The first-order valence-corrected chi connectivity index (χ1v) is 12.9. The SMILES string of the molecule is Cc1ccc2c(oc3cc4c(cc32)C(CC(C)C)(CC(C)C)c2ccccc2-4)c1-c1ccccn1. The van der Waals surface area contributed by atoms with Crippen molar-refractivity contribution >= 4 is 21.9 Å². The molecule has 0 fully saturated rings. The highest BCUT2D eigenvalue weighted by Crippen LogP contribution is 2.56. The van der Waals surface area contributed by atoms with E-state index in [0.29, 0.717) is 11.8 Å². The van der Waals surface area contributed by atoms with Crippen molar-refractivity contribution in [3.63, 3.8) is 0 Å². The minimum absolute atomic E-state index is 0.0283. The largest absolute Gasteiger partial charge is 0.455 e. The van der Waals surface area contributed by atoms with Gasteiger partial charge < -0.3 is 4.42 Å². The first-order valence-electron chi connectivity index (χ1n) is 12.9. The van der Waals surface area contributed by atoms with Gasteiger partial charge >= 0.3 is 0 Å². The Hall–Kier alpha value is -3.39. The molecule has 0 saturated heterocycles. The van der Waals surface area contributed by atoms with Crippen LogP contribution >= 0.6 is 0 Å². The number of hydrogen-bond acceptors (Lipinski definition) is 2. The molecule has 0 bridgehead atoms. The molecule has 1 aliphatic carbocycles. The van der Waals surface area contributed by atoms with Gasteiger partial charge in [0.15, 0.2) is 0 Å². The monoisotopic (exact) mass is 459 g/mol. The summed E-state index contributed by atoms with van der Waals surface area (Å²) in [7, 11) is 0. The van der Waals surface area contributed by atoms with Gasteiger partial charge in [0.05, 0.1) is 5.69 Å². The first-order chi connectivity index (χ1) is 16.9. The Balaban J connectivity index is 1.68. The molecule has 5 aromatic rings. The summed E-state index contributed by atoms with van der Waals surface area (Å²) in [5.74, 6) is 1.20. The molecule has 0 unspecified atom stereocenters. The lowest BCUT2D eigenvalue weighted by atomic mass is 9.68. The molecule has 0 N–H and O–H groups in total. The lowest BCUT2D eigenvalue weighted by Crippen LogP contribution is -2.29.